The van der Waals surface area contributed by atoms with Crippen LogP contribution in [0.15, 0.2) is 30.3 Å². The number of anilines is 1. The third-order valence-electron chi connectivity index (χ3n) is 4.41. The SMILES string of the molecule is COC(=O)Nc1cccc(OS(=O)NCC(C)c2nnc3cc(C(C)(C)C)[nH]n23)c1. The van der Waals surface area contributed by atoms with Gasteiger partial charge in [0.1, 0.15) is 5.75 Å². The number of aromatic nitrogens is 4. The molecular weight excluding hydrogens is 408 g/mol. The first-order chi connectivity index (χ1) is 14.2. The molecule has 0 spiro atoms. The lowest BCUT2D eigenvalue weighted by Crippen LogP contribution is -2.26. The Kier molecular flexibility index (Phi) is 6.42. The second-order valence-corrected chi connectivity index (χ2v) is 8.81. The standard InChI is InChI=1S/C19H26N6O4S/c1-12(17-23-22-16-10-15(19(2,3)4)24-25(16)17)11-20-30(27)29-14-8-6-7-13(9-14)21-18(26)28-5/h6-10,12,20,24H,11H2,1-5H3,(H,21,26). The van der Waals surface area contributed by atoms with Crippen LogP contribution in [0.2, 0.25) is 0 Å². The Morgan fingerprint density at radius 3 is 2.77 bits per heavy atom. The van der Waals surface area contributed by atoms with Crippen LogP contribution < -0.4 is 14.2 Å². The summed E-state index contributed by atoms with van der Waals surface area (Å²) in [5.74, 6) is 0.993. The van der Waals surface area contributed by atoms with Crippen molar-refractivity contribution < 1.29 is 17.9 Å². The van der Waals surface area contributed by atoms with Gasteiger partial charge >= 0.3 is 6.09 Å². The maximum atomic E-state index is 12.3. The summed E-state index contributed by atoms with van der Waals surface area (Å²) in [6.07, 6.45) is -0.598. The van der Waals surface area contributed by atoms with Gasteiger partial charge in [0.05, 0.1) is 7.11 Å². The highest BCUT2D eigenvalue weighted by Gasteiger charge is 2.21. The third kappa shape index (κ3) is 5.16. The predicted octanol–water partition coefficient (Wildman–Crippen LogP) is 2.88. The Morgan fingerprint density at radius 2 is 2.07 bits per heavy atom. The molecule has 0 saturated carbocycles. The Morgan fingerprint density at radius 1 is 1.30 bits per heavy atom. The number of nitrogens with zero attached hydrogens (tertiary/aromatic N) is 3. The van der Waals surface area contributed by atoms with Gasteiger partial charge in [0.25, 0.3) is 11.3 Å². The van der Waals surface area contributed by atoms with Gasteiger partial charge in [-0.25, -0.2) is 14.0 Å². The van der Waals surface area contributed by atoms with Crippen LogP contribution >= 0.6 is 0 Å². The summed E-state index contributed by atoms with van der Waals surface area (Å²) in [4.78, 5) is 11.3. The summed E-state index contributed by atoms with van der Waals surface area (Å²) < 4.78 is 26.9. The van der Waals surface area contributed by atoms with Crippen molar-refractivity contribution in [3.05, 3.63) is 41.9 Å². The molecular formula is C19H26N6O4S. The van der Waals surface area contributed by atoms with E-state index in [0.717, 1.165) is 17.2 Å². The van der Waals surface area contributed by atoms with Crippen molar-refractivity contribution in [2.75, 3.05) is 19.0 Å². The van der Waals surface area contributed by atoms with Gasteiger partial charge in [-0.1, -0.05) is 33.8 Å². The summed E-state index contributed by atoms with van der Waals surface area (Å²) in [5, 5.41) is 14.3. The highest BCUT2D eigenvalue weighted by molar-refractivity contribution is 7.78. The maximum Gasteiger partial charge on any atom is 0.411 e. The number of ether oxygens (including phenoxy) is 1. The first kappa shape index (κ1) is 21.8. The van der Waals surface area contributed by atoms with Crippen LogP contribution in [0.4, 0.5) is 10.5 Å². The number of carbonyl (C=O) groups excluding carboxylic acids is 1. The molecule has 0 aliphatic heterocycles. The molecule has 0 saturated heterocycles. The lowest BCUT2D eigenvalue weighted by atomic mass is 9.93. The van der Waals surface area contributed by atoms with Crippen molar-refractivity contribution in [3.8, 4) is 5.75 Å². The first-order valence-corrected chi connectivity index (χ1v) is 10.5. The van der Waals surface area contributed by atoms with E-state index < -0.39 is 17.4 Å². The van der Waals surface area contributed by atoms with E-state index in [0.29, 0.717) is 18.0 Å². The molecule has 2 atom stereocenters. The molecule has 2 aromatic heterocycles. The summed E-state index contributed by atoms with van der Waals surface area (Å²) in [6, 6.07) is 8.51. The molecule has 30 heavy (non-hydrogen) atoms. The molecule has 3 rings (SSSR count). The number of methoxy groups -OCH3 is 1. The van der Waals surface area contributed by atoms with Gasteiger partial charge in [-0.3, -0.25) is 10.4 Å². The quantitative estimate of drug-likeness (QED) is 0.525. The van der Waals surface area contributed by atoms with Gasteiger partial charge in [0.15, 0.2) is 11.5 Å². The normalized spacial score (nSPS) is 13.8. The van der Waals surface area contributed by atoms with E-state index in [4.69, 9.17) is 4.18 Å². The molecule has 0 aliphatic rings. The van der Waals surface area contributed by atoms with Crippen molar-refractivity contribution in [1.82, 2.24) is 24.5 Å². The highest BCUT2D eigenvalue weighted by atomic mass is 32.2. The predicted molar refractivity (Wildman–Crippen MR) is 114 cm³/mol. The van der Waals surface area contributed by atoms with Gasteiger partial charge < -0.3 is 8.92 Å². The van der Waals surface area contributed by atoms with Gasteiger partial charge in [-0.2, -0.15) is 4.21 Å². The molecule has 10 nitrogen and oxygen atoms in total. The number of aromatic amines is 1. The van der Waals surface area contributed by atoms with Crippen LogP contribution in [-0.4, -0.2) is 43.8 Å². The summed E-state index contributed by atoms with van der Waals surface area (Å²) in [7, 11) is 1.27. The van der Waals surface area contributed by atoms with Crippen molar-refractivity contribution in [2.24, 2.45) is 0 Å². The summed E-state index contributed by atoms with van der Waals surface area (Å²) in [6.45, 7) is 8.67. The van der Waals surface area contributed by atoms with E-state index in [2.05, 4.69) is 50.8 Å². The topological polar surface area (TPSA) is 123 Å². The minimum atomic E-state index is -1.78. The van der Waals surface area contributed by atoms with E-state index in [9.17, 15) is 9.00 Å². The average molecular weight is 435 g/mol. The minimum absolute atomic E-state index is 0.0357. The van der Waals surface area contributed by atoms with Crippen molar-refractivity contribution in [2.45, 2.75) is 39.0 Å². The van der Waals surface area contributed by atoms with Crippen molar-refractivity contribution in [3.63, 3.8) is 0 Å². The zero-order valence-electron chi connectivity index (χ0n) is 17.6. The Labute approximate surface area is 177 Å². The summed E-state index contributed by atoms with van der Waals surface area (Å²) in [5.41, 5.74) is 2.23. The molecule has 3 aromatic rings. The lowest BCUT2D eigenvalue weighted by molar-refractivity contribution is 0.187. The zero-order valence-corrected chi connectivity index (χ0v) is 18.4. The average Bonchev–Trinajstić information content (AvgIpc) is 3.27. The Balaban J connectivity index is 1.60. The fourth-order valence-corrected chi connectivity index (χ4v) is 3.42. The highest BCUT2D eigenvalue weighted by Crippen LogP contribution is 2.23. The largest absolute Gasteiger partial charge is 0.453 e. The number of H-pyrrole nitrogens is 1. The second-order valence-electron chi connectivity index (χ2n) is 7.88. The van der Waals surface area contributed by atoms with E-state index in [1.54, 1.807) is 24.3 Å². The van der Waals surface area contributed by atoms with Gasteiger partial charge in [-0.05, 0) is 12.1 Å². The molecule has 2 heterocycles. The fraction of sp³-hybridized carbons (Fsp3) is 0.421. The molecule has 162 valence electrons. The van der Waals surface area contributed by atoms with Crippen LogP contribution in [0.25, 0.3) is 5.65 Å². The molecule has 3 N–H and O–H groups in total. The zero-order chi connectivity index (χ0) is 21.9. The third-order valence-corrected chi connectivity index (χ3v) is 5.16. The van der Waals surface area contributed by atoms with Gasteiger partial charge in [0.2, 0.25) is 0 Å². The number of benzene rings is 1. The van der Waals surface area contributed by atoms with E-state index >= 15 is 0 Å². The molecule has 1 amide bonds. The van der Waals surface area contributed by atoms with Crippen LogP contribution in [0.5, 0.6) is 5.75 Å². The number of carbonyl (C=O) groups is 1. The molecule has 2 unspecified atom stereocenters. The molecule has 0 fully saturated rings. The maximum absolute atomic E-state index is 12.3. The van der Waals surface area contributed by atoms with Crippen LogP contribution in [-0.2, 0) is 21.4 Å². The number of rotatable bonds is 7. The number of amides is 1. The molecule has 1 aromatic carbocycles. The number of nitrogens with one attached hydrogen (secondary N) is 3. The van der Waals surface area contributed by atoms with E-state index in [1.807, 2.05) is 17.5 Å². The lowest BCUT2D eigenvalue weighted by Gasteiger charge is -2.15. The molecule has 0 bridgehead atoms. The molecule has 11 heteroatoms. The first-order valence-electron chi connectivity index (χ1n) is 9.40. The number of hydrogen-bond donors (Lipinski definition) is 3. The number of hydrogen-bond acceptors (Lipinski definition) is 6. The van der Waals surface area contributed by atoms with Crippen LogP contribution in [0.3, 0.4) is 0 Å². The van der Waals surface area contributed by atoms with Gasteiger partial charge in [0, 0.05) is 41.4 Å². The van der Waals surface area contributed by atoms with Crippen molar-refractivity contribution in [1.29, 1.82) is 0 Å². The van der Waals surface area contributed by atoms with Crippen LogP contribution in [0.1, 0.15) is 45.1 Å². The smallest absolute Gasteiger partial charge is 0.411 e. The van der Waals surface area contributed by atoms with Gasteiger partial charge in [-0.15, -0.1) is 10.2 Å². The summed E-state index contributed by atoms with van der Waals surface area (Å²) >= 11 is -1.78. The van der Waals surface area contributed by atoms with E-state index in [-0.39, 0.29) is 11.3 Å². The monoisotopic (exact) mass is 434 g/mol. The minimum Gasteiger partial charge on any atom is -0.453 e. The number of fused-ring (bicyclic) bond motifs is 1. The molecule has 0 radical (unpaired) electrons. The Hall–Kier alpha value is -2.92. The molecule has 0 aliphatic carbocycles. The second kappa shape index (κ2) is 8.84. The van der Waals surface area contributed by atoms with Crippen LogP contribution in [0, 0.1) is 0 Å². The van der Waals surface area contributed by atoms with Crippen molar-refractivity contribution >= 4 is 28.7 Å². The Bertz CT molecular complexity index is 1050. The van der Waals surface area contributed by atoms with E-state index in [1.165, 1.54) is 7.11 Å². The fourth-order valence-electron chi connectivity index (χ4n) is 2.70.